The number of pyridine rings is 1. The zero-order valence-corrected chi connectivity index (χ0v) is 17.6. The van der Waals surface area contributed by atoms with Gasteiger partial charge >= 0.3 is 0 Å². The number of hydrogen-bond acceptors (Lipinski definition) is 4. The average molecular weight is 405 g/mol. The summed E-state index contributed by atoms with van der Waals surface area (Å²) < 4.78 is 1.52. The van der Waals surface area contributed by atoms with Crippen molar-refractivity contribution in [2.24, 2.45) is 5.92 Å². The van der Waals surface area contributed by atoms with Gasteiger partial charge in [0.25, 0.3) is 5.56 Å². The van der Waals surface area contributed by atoms with Gasteiger partial charge in [0, 0.05) is 30.9 Å². The van der Waals surface area contributed by atoms with Crippen molar-refractivity contribution in [3.8, 4) is 0 Å². The Morgan fingerprint density at radius 1 is 1.13 bits per heavy atom. The van der Waals surface area contributed by atoms with Gasteiger partial charge in [0.2, 0.25) is 5.91 Å². The van der Waals surface area contributed by atoms with Crippen LogP contribution in [-0.2, 0) is 17.8 Å². The number of amides is 1. The molecule has 3 aromatic rings. The third-order valence-corrected chi connectivity index (χ3v) is 5.69. The second-order valence-electron chi connectivity index (χ2n) is 8.44. The molecule has 1 saturated heterocycles. The SMILES string of the molecule is CC(C)Cn1nc(CC(=O)N2CCCCC2c2cccnc2)c2ccccc2c1=O. The van der Waals surface area contributed by atoms with Gasteiger partial charge in [-0.25, -0.2) is 4.68 Å². The fourth-order valence-corrected chi connectivity index (χ4v) is 4.30. The van der Waals surface area contributed by atoms with Gasteiger partial charge in [0.1, 0.15) is 0 Å². The molecule has 30 heavy (non-hydrogen) atoms. The maximum absolute atomic E-state index is 13.4. The molecule has 0 spiro atoms. The molecule has 1 unspecified atom stereocenters. The number of carbonyl (C=O) groups excluding carboxylic acids is 1. The van der Waals surface area contributed by atoms with Gasteiger partial charge in [0.05, 0.1) is 23.5 Å². The van der Waals surface area contributed by atoms with E-state index in [-0.39, 0.29) is 29.8 Å². The van der Waals surface area contributed by atoms with E-state index in [0.717, 1.165) is 36.8 Å². The van der Waals surface area contributed by atoms with Crippen LogP contribution in [-0.4, -0.2) is 32.1 Å². The highest BCUT2D eigenvalue weighted by atomic mass is 16.2. The van der Waals surface area contributed by atoms with Crippen LogP contribution in [0.25, 0.3) is 10.8 Å². The molecule has 156 valence electrons. The largest absolute Gasteiger partial charge is 0.335 e. The summed E-state index contributed by atoms with van der Waals surface area (Å²) in [5.41, 5.74) is 1.65. The normalized spacial score (nSPS) is 16.9. The smallest absolute Gasteiger partial charge is 0.274 e. The molecule has 6 heteroatoms. The van der Waals surface area contributed by atoms with Gasteiger partial charge in [-0.1, -0.05) is 38.1 Å². The molecule has 1 aromatic carbocycles. The Labute approximate surface area is 176 Å². The maximum atomic E-state index is 13.4. The first kappa shape index (κ1) is 20.3. The fraction of sp³-hybridized carbons (Fsp3) is 0.417. The summed E-state index contributed by atoms with van der Waals surface area (Å²) >= 11 is 0. The molecule has 0 N–H and O–H groups in total. The highest BCUT2D eigenvalue weighted by molar-refractivity contribution is 5.88. The van der Waals surface area contributed by atoms with Gasteiger partial charge in [-0.15, -0.1) is 0 Å². The van der Waals surface area contributed by atoms with E-state index in [1.165, 1.54) is 4.68 Å². The molecule has 2 aromatic heterocycles. The van der Waals surface area contributed by atoms with Crippen LogP contribution in [0.15, 0.2) is 53.6 Å². The van der Waals surface area contributed by atoms with Crippen molar-refractivity contribution in [3.63, 3.8) is 0 Å². The number of benzene rings is 1. The molecule has 6 nitrogen and oxygen atoms in total. The van der Waals surface area contributed by atoms with Crippen LogP contribution in [0.3, 0.4) is 0 Å². The Morgan fingerprint density at radius 3 is 2.67 bits per heavy atom. The minimum atomic E-state index is -0.0956. The number of carbonyl (C=O) groups is 1. The molecule has 1 fully saturated rings. The lowest BCUT2D eigenvalue weighted by Gasteiger charge is -2.36. The van der Waals surface area contributed by atoms with Crippen LogP contribution in [0.2, 0.25) is 0 Å². The molecular weight excluding hydrogens is 376 g/mol. The Morgan fingerprint density at radius 2 is 1.93 bits per heavy atom. The first-order valence-corrected chi connectivity index (χ1v) is 10.7. The third kappa shape index (κ3) is 4.13. The van der Waals surface area contributed by atoms with E-state index in [0.29, 0.717) is 17.6 Å². The predicted octanol–water partition coefficient (Wildman–Crippen LogP) is 3.74. The van der Waals surface area contributed by atoms with Crippen LogP contribution >= 0.6 is 0 Å². The van der Waals surface area contributed by atoms with E-state index >= 15 is 0 Å². The quantitative estimate of drug-likeness (QED) is 0.650. The predicted molar refractivity (Wildman–Crippen MR) is 117 cm³/mol. The van der Waals surface area contributed by atoms with Gasteiger partial charge in [-0.2, -0.15) is 5.10 Å². The maximum Gasteiger partial charge on any atom is 0.274 e. The summed E-state index contributed by atoms with van der Waals surface area (Å²) in [5.74, 6) is 0.341. The number of rotatable bonds is 5. The van der Waals surface area contributed by atoms with Crippen molar-refractivity contribution in [1.82, 2.24) is 19.7 Å². The van der Waals surface area contributed by atoms with Crippen molar-refractivity contribution < 1.29 is 4.79 Å². The number of fused-ring (bicyclic) bond motifs is 1. The topological polar surface area (TPSA) is 68.1 Å². The summed E-state index contributed by atoms with van der Waals surface area (Å²) in [7, 11) is 0. The van der Waals surface area contributed by atoms with Crippen LogP contribution in [0, 0.1) is 5.92 Å². The highest BCUT2D eigenvalue weighted by Gasteiger charge is 2.29. The van der Waals surface area contributed by atoms with E-state index in [2.05, 4.69) is 23.9 Å². The minimum absolute atomic E-state index is 0.0489. The molecular formula is C24H28N4O2. The number of hydrogen-bond donors (Lipinski definition) is 0. The van der Waals surface area contributed by atoms with Crippen LogP contribution in [0.4, 0.5) is 0 Å². The van der Waals surface area contributed by atoms with E-state index in [9.17, 15) is 9.59 Å². The van der Waals surface area contributed by atoms with E-state index in [1.807, 2.05) is 47.5 Å². The van der Waals surface area contributed by atoms with Gasteiger partial charge in [-0.05, 0) is 42.9 Å². The molecule has 1 amide bonds. The number of likely N-dealkylation sites (tertiary alicyclic amines) is 1. The Bertz CT molecular complexity index is 1090. The molecule has 1 aliphatic rings. The van der Waals surface area contributed by atoms with Crippen LogP contribution in [0.1, 0.15) is 50.4 Å². The molecule has 3 heterocycles. The standard InChI is InChI=1S/C24H28N4O2/c1-17(2)16-28-24(30)20-10-4-3-9-19(20)21(26-28)14-23(29)27-13-6-5-11-22(27)18-8-7-12-25-15-18/h3-4,7-10,12,15,17,22H,5-6,11,13-14,16H2,1-2H3. The molecule has 1 aliphatic heterocycles. The molecule has 0 saturated carbocycles. The Hall–Kier alpha value is -3.02. The number of piperidine rings is 1. The third-order valence-electron chi connectivity index (χ3n) is 5.69. The molecule has 0 aliphatic carbocycles. The van der Waals surface area contributed by atoms with Crippen LogP contribution in [0.5, 0.6) is 0 Å². The first-order chi connectivity index (χ1) is 14.5. The lowest BCUT2D eigenvalue weighted by atomic mass is 9.95. The minimum Gasteiger partial charge on any atom is -0.335 e. The zero-order chi connectivity index (χ0) is 21.1. The summed E-state index contributed by atoms with van der Waals surface area (Å²) in [6.07, 6.45) is 6.85. The van der Waals surface area contributed by atoms with Crippen molar-refractivity contribution in [2.75, 3.05) is 6.54 Å². The monoisotopic (exact) mass is 404 g/mol. The lowest BCUT2D eigenvalue weighted by molar-refractivity contribution is -0.134. The fourth-order valence-electron chi connectivity index (χ4n) is 4.30. The van der Waals surface area contributed by atoms with Crippen molar-refractivity contribution in [2.45, 2.75) is 52.1 Å². The zero-order valence-electron chi connectivity index (χ0n) is 17.6. The first-order valence-electron chi connectivity index (χ1n) is 10.7. The van der Waals surface area contributed by atoms with E-state index in [4.69, 9.17) is 0 Å². The van der Waals surface area contributed by atoms with Gasteiger partial charge in [0.15, 0.2) is 0 Å². The van der Waals surface area contributed by atoms with E-state index in [1.54, 1.807) is 6.20 Å². The second-order valence-corrected chi connectivity index (χ2v) is 8.44. The van der Waals surface area contributed by atoms with Gasteiger partial charge in [-0.3, -0.25) is 14.6 Å². The molecule has 0 bridgehead atoms. The van der Waals surface area contributed by atoms with Crippen molar-refractivity contribution in [1.29, 1.82) is 0 Å². The second kappa shape index (κ2) is 8.78. The molecule has 0 radical (unpaired) electrons. The summed E-state index contributed by atoms with van der Waals surface area (Å²) in [6.45, 7) is 5.38. The van der Waals surface area contributed by atoms with Crippen molar-refractivity contribution in [3.05, 3.63) is 70.4 Å². The van der Waals surface area contributed by atoms with Crippen molar-refractivity contribution >= 4 is 16.7 Å². The van der Waals surface area contributed by atoms with Gasteiger partial charge < -0.3 is 4.90 Å². The number of nitrogens with zero attached hydrogens (tertiary/aromatic N) is 4. The molecule has 4 rings (SSSR count). The Kier molecular flexibility index (Phi) is 5.93. The lowest BCUT2D eigenvalue weighted by Crippen LogP contribution is -2.40. The Balaban J connectivity index is 1.68. The summed E-state index contributed by atoms with van der Waals surface area (Å²) in [4.78, 5) is 32.4. The highest BCUT2D eigenvalue weighted by Crippen LogP contribution is 2.31. The average Bonchev–Trinajstić information content (AvgIpc) is 2.77. The van der Waals surface area contributed by atoms with E-state index < -0.39 is 0 Å². The number of aromatic nitrogens is 3. The summed E-state index contributed by atoms with van der Waals surface area (Å²) in [6, 6.07) is 11.5. The molecule has 1 atom stereocenters. The summed E-state index contributed by atoms with van der Waals surface area (Å²) in [5, 5.41) is 6.01. The van der Waals surface area contributed by atoms with Crippen LogP contribution < -0.4 is 5.56 Å².